The van der Waals surface area contributed by atoms with E-state index in [1.54, 1.807) is 0 Å². The molecule has 0 bridgehead atoms. The average Bonchev–Trinajstić information content (AvgIpc) is 2.89. The number of nitrogens with zero attached hydrogens (tertiary/aromatic N) is 5. The van der Waals surface area contributed by atoms with Crippen LogP contribution in [0.2, 0.25) is 0 Å². The number of aliphatic imine (C=N–C) groups is 2. The predicted octanol–water partition coefficient (Wildman–Crippen LogP) is 9.88. The summed E-state index contributed by atoms with van der Waals surface area (Å²) in [6.07, 6.45) is 0. The third-order valence-electron chi connectivity index (χ3n) is 6.73. The Hall–Kier alpha value is -3.16. The zero-order valence-electron chi connectivity index (χ0n) is 25.1. The monoisotopic (exact) mass is 567 g/mol. The molecule has 210 valence electrons. The zero-order valence-corrected chi connectivity index (χ0v) is 26.0. The van der Waals surface area contributed by atoms with Crippen LogP contribution in [0, 0.1) is 10.8 Å². The van der Waals surface area contributed by atoms with Gasteiger partial charge in [-0.05, 0) is 71.9 Å². The Labute approximate surface area is 245 Å². The Kier molecular flexibility index (Phi) is 13.4. The third kappa shape index (κ3) is 8.41. The molecule has 0 aliphatic rings. The van der Waals surface area contributed by atoms with Crippen molar-refractivity contribution in [1.82, 2.24) is 4.98 Å². The number of benzene rings is 2. The molecule has 5 nitrogen and oxygen atoms in total. The smallest absolute Gasteiger partial charge is 0.0849 e. The van der Waals surface area contributed by atoms with Crippen LogP contribution in [0.5, 0.6) is 0 Å². The average molecular weight is 568 g/mol. The predicted molar refractivity (Wildman–Crippen MR) is 161 cm³/mol. The van der Waals surface area contributed by atoms with Crippen LogP contribution in [0.4, 0.5) is 11.4 Å². The summed E-state index contributed by atoms with van der Waals surface area (Å²) < 4.78 is 0. The van der Waals surface area contributed by atoms with E-state index >= 15 is 0 Å². The van der Waals surface area contributed by atoms with Crippen molar-refractivity contribution >= 4 is 22.8 Å². The van der Waals surface area contributed by atoms with Crippen LogP contribution in [0.3, 0.4) is 0 Å². The maximum atomic E-state index is 6.00. The van der Waals surface area contributed by atoms with Gasteiger partial charge >= 0.3 is 0 Å². The first-order valence-electron chi connectivity index (χ1n) is 13.5. The molecule has 2 aromatic carbocycles. The SMILES string of the molecule is CC(=Nc1c(C(C)C)cccc1C(C)C)c1cccc(C(C)=Nc2c(C(C)C)cccc2C(C)C)n1.N#N.[Ni]. The van der Waals surface area contributed by atoms with Gasteiger partial charge in [0.25, 0.3) is 0 Å². The van der Waals surface area contributed by atoms with Crippen LogP contribution >= 0.6 is 0 Å². The molecule has 0 amide bonds. The Morgan fingerprint density at radius 3 is 1.05 bits per heavy atom. The van der Waals surface area contributed by atoms with Crippen molar-refractivity contribution in [1.29, 1.82) is 10.8 Å². The summed E-state index contributed by atoms with van der Waals surface area (Å²) in [5, 5.41) is 12.0. The van der Waals surface area contributed by atoms with Crippen molar-refractivity contribution in [3.63, 3.8) is 0 Å². The van der Waals surface area contributed by atoms with Gasteiger partial charge in [-0.3, -0.25) is 9.98 Å². The molecule has 0 unspecified atom stereocenters. The van der Waals surface area contributed by atoms with E-state index in [-0.39, 0.29) is 16.5 Å². The summed E-state index contributed by atoms with van der Waals surface area (Å²) in [5.74, 6) is 1.61. The number of hydrogen-bond donors (Lipinski definition) is 0. The first kappa shape index (κ1) is 33.9. The molecule has 0 N–H and O–H groups in total. The fourth-order valence-electron chi connectivity index (χ4n) is 4.57. The van der Waals surface area contributed by atoms with E-state index < -0.39 is 0 Å². The molecule has 0 atom stereocenters. The van der Waals surface area contributed by atoms with Crippen LogP contribution in [-0.2, 0) is 16.5 Å². The van der Waals surface area contributed by atoms with Gasteiger partial charge in [0.15, 0.2) is 0 Å². The van der Waals surface area contributed by atoms with Crippen molar-refractivity contribution in [3.8, 4) is 0 Å². The van der Waals surface area contributed by atoms with Gasteiger partial charge in [0, 0.05) is 27.3 Å². The molecule has 1 heterocycles. The number of rotatable bonds is 8. The summed E-state index contributed by atoms with van der Waals surface area (Å²) in [6, 6.07) is 19.2. The van der Waals surface area contributed by atoms with Gasteiger partial charge in [0.2, 0.25) is 0 Å². The molecule has 1 aromatic heterocycles. The molecule has 0 saturated carbocycles. The van der Waals surface area contributed by atoms with E-state index in [4.69, 9.17) is 25.8 Å². The fraction of sp³-hybridized carbons (Fsp3) is 0.424. The van der Waals surface area contributed by atoms with Gasteiger partial charge in [-0.2, -0.15) is 0 Å². The van der Waals surface area contributed by atoms with E-state index in [0.717, 1.165) is 34.2 Å². The fourth-order valence-corrected chi connectivity index (χ4v) is 4.57. The van der Waals surface area contributed by atoms with Crippen LogP contribution in [0.1, 0.15) is 127 Å². The van der Waals surface area contributed by atoms with Gasteiger partial charge in [-0.15, -0.1) is 0 Å². The van der Waals surface area contributed by atoms with Gasteiger partial charge in [-0.1, -0.05) is 97.9 Å². The molecule has 0 saturated heterocycles. The quantitative estimate of drug-likeness (QED) is 0.154. The molecule has 3 aromatic rings. The molecular weight excluding hydrogens is 525 g/mol. The second-order valence-electron chi connectivity index (χ2n) is 11.0. The minimum absolute atomic E-state index is 0. The second kappa shape index (κ2) is 15.4. The van der Waals surface area contributed by atoms with Gasteiger partial charge in [0.05, 0.1) is 34.2 Å². The second-order valence-corrected chi connectivity index (χ2v) is 11.0. The number of hydrogen-bond acceptors (Lipinski definition) is 5. The summed E-state index contributed by atoms with van der Waals surface area (Å²) in [5.41, 5.74) is 10.9. The van der Waals surface area contributed by atoms with Crippen molar-refractivity contribution in [2.75, 3.05) is 0 Å². The van der Waals surface area contributed by atoms with E-state index in [1.807, 2.05) is 12.1 Å². The van der Waals surface area contributed by atoms with Gasteiger partial charge in [0.1, 0.15) is 0 Å². The van der Waals surface area contributed by atoms with E-state index in [2.05, 4.69) is 112 Å². The Balaban J connectivity index is 0.00000248. The maximum Gasteiger partial charge on any atom is 0.0849 e. The van der Waals surface area contributed by atoms with Crippen molar-refractivity contribution in [2.45, 2.75) is 92.9 Å². The number of pyridine rings is 1. The molecule has 3 rings (SSSR count). The van der Waals surface area contributed by atoms with E-state index in [9.17, 15) is 0 Å². The molecule has 0 fully saturated rings. The standard InChI is InChI=1S/C33H43N3.N2.Ni/c1-20(2)26-14-11-15-27(21(3)4)32(26)34-24(9)30-18-13-19-31(36-30)25(10)35-33-28(22(5)6)16-12-17-29(33)23(7)8;1-2;/h11-23H,1-10H3;;. The maximum absolute atomic E-state index is 6.00. The topological polar surface area (TPSA) is 85.2 Å². The third-order valence-corrected chi connectivity index (χ3v) is 6.73. The van der Waals surface area contributed by atoms with Crippen LogP contribution < -0.4 is 0 Å². The summed E-state index contributed by atoms with van der Waals surface area (Å²) in [6.45, 7) is 22.0. The van der Waals surface area contributed by atoms with E-state index in [1.165, 1.54) is 22.3 Å². The Morgan fingerprint density at radius 2 is 0.795 bits per heavy atom. The van der Waals surface area contributed by atoms with Crippen LogP contribution in [0.15, 0.2) is 64.6 Å². The van der Waals surface area contributed by atoms with Crippen molar-refractivity contribution in [2.24, 2.45) is 9.98 Å². The zero-order chi connectivity index (χ0) is 28.6. The van der Waals surface area contributed by atoms with Crippen LogP contribution in [0.25, 0.3) is 0 Å². The van der Waals surface area contributed by atoms with Crippen LogP contribution in [-0.4, -0.2) is 16.4 Å². The van der Waals surface area contributed by atoms with Crippen molar-refractivity contribution in [3.05, 3.63) is 88.2 Å². The minimum atomic E-state index is 0. The molecule has 39 heavy (non-hydrogen) atoms. The first-order chi connectivity index (χ1) is 18.0. The Morgan fingerprint density at radius 1 is 0.538 bits per heavy atom. The molecule has 0 aliphatic carbocycles. The molecule has 0 aliphatic heterocycles. The number of para-hydroxylation sites is 2. The first-order valence-corrected chi connectivity index (χ1v) is 13.5. The van der Waals surface area contributed by atoms with E-state index in [0.29, 0.717) is 23.7 Å². The number of aromatic nitrogens is 1. The molecule has 0 radical (unpaired) electrons. The Bertz CT molecular complexity index is 1170. The molecule has 0 spiro atoms. The molecular formula is C33H43N5Ni. The summed E-state index contributed by atoms with van der Waals surface area (Å²) in [4.78, 5) is 15.3. The van der Waals surface area contributed by atoms with Gasteiger partial charge in [-0.25, -0.2) is 4.98 Å². The largest absolute Gasteiger partial charge is 0.251 e. The molecule has 6 heteroatoms. The summed E-state index contributed by atoms with van der Waals surface area (Å²) >= 11 is 0. The minimum Gasteiger partial charge on any atom is -0.251 e. The van der Waals surface area contributed by atoms with Crippen molar-refractivity contribution < 1.29 is 16.5 Å². The normalized spacial score (nSPS) is 12.0. The summed E-state index contributed by atoms with van der Waals surface area (Å²) in [7, 11) is 0. The van der Waals surface area contributed by atoms with Gasteiger partial charge < -0.3 is 0 Å².